The molecule has 2 aromatic rings. The molecule has 0 aliphatic carbocycles. The van der Waals surface area contributed by atoms with E-state index < -0.39 is 11.9 Å². The lowest BCUT2D eigenvalue weighted by atomic mass is 10.2. The zero-order valence-electron chi connectivity index (χ0n) is 11.5. The first-order valence-corrected chi connectivity index (χ1v) is 7.02. The Balaban J connectivity index is 2.14. The molecule has 0 aliphatic rings. The van der Waals surface area contributed by atoms with Crippen LogP contribution in [0.1, 0.15) is 33.5 Å². The van der Waals surface area contributed by atoms with Gasteiger partial charge in [-0.05, 0) is 48.0 Å². The van der Waals surface area contributed by atoms with Gasteiger partial charge in [-0.25, -0.2) is 4.79 Å². The van der Waals surface area contributed by atoms with E-state index in [2.05, 4.69) is 26.4 Å². The van der Waals surface area contributed by atoms with Crippen LogP contribution >= 0.6 is 15.9 Å². The highest BCUT2D eigenvalue weighted by atomic mass is 79.9. The average Bonchev–Trinajstić information content (AvgIpc) is 2.88. The van der Waals surface area contributed by atoms with Crippen molar-refractivity contribution < 1.29 is 18.8 Å². The summed E-state index contributed by atoms with van der Waals surface area (Å²) in [6.45, 7) is 3.75. The van der Waals surface area contributed by atoms with Crippen molar-refractivity contribution in [1.29, 1.82) is 0 Å². The molecule has 2 rings (SSSR count). The first-order chi connectivity index (χ1) is 10.0. The Morgan fingerprint density at radius 1 is 1.38 bits per heavy atom. The number of nitrogens with zero attached hydrogens (tertiary/aromatic N) is 1. The fourth-order valence-corrected chi connectivity index (χ4v) is 2.10. The number of benzene rings is 1. The van der Waals surface area contributed by atoms with Gasteiger partial charge in [0.15, 0.2) is 5.69 Å². The predicted molar refractivity (Wildman–Crippen MR) is 79.3 cm³/mol. The van der Waals surface area contributed by atoms with Crippen molar-refractivity contribution in [2.45, 2.75) is 13.8 Å². The fourth-order valence-electron chi connectivity index (χ4n) is 1.62. The van der Waals surface area contributed by atoms with Gasteiger partial charge in [0.25, 0.3) is 5.91 Å². The molecule has 0 saturated heterocycles. The van der Waals surface area contributed by atoms with Crippen LogP contribution in [0.25, 0.3) is 0 Å². The van der Waals surface area contributed by atoms with Gasteiger partial charge in [0.05, 0.1) is 17.9 Å². The number of carbonyl (C=O) groups excluding carboxylic acids is 2. The SMILES string of the molecule is CCOC(=O)c1ccc(NC(=O)c2cc(C)on2)c(Br)c1. The monoisotopic (exact) mass is 352 g/mol. The summed E-state index contributed by atoms with van der Waals surface area (Å²) < 4.78 is 10.3. The number of carbonyl (C=O) groups is 2. The maximum Gasteiger partial charge on any atom is 0.338 e. The first-order valence-electron chi connectivity index (χ1n) is 6.22. The molecule has 0 spiro atoms. The van der Waals surface area contributed by atoms with Crippen LogP contribution in [0.5, 0.6) is 0 Å². The molecule has 7 heteroatoms. The van der Waals surface area contributed by atoms with E-state index in [1.165, 1.54) is 6.07 Å². The molecule has 1 heterocycles. The molecule has 0 atom stereocenters. The van der Waals surface area contributed by atoms with E-state index in [0.29, 0.717) is 28.1 Å². The predicted octanol–water partition coefficient (Wildman–Crippen LogP) is 3.17. The Morgan fingerprint density at radius 3 is 2.71 bits per heavy atom. The van der Waals surface area contributed by atoms with E-state index in [-0.39, 0.29) is 5.69 Å². The standard InChI is InChI=1S/C14H13BrN2O4/c1-3-20-14(19)9-4-5-11(10(15)7-9)16-13(18)12-6-8(2)21-17-12/h4-7H,3H2,1-2H3,(H,16,18). The van der Waals surface area contributed by atoms with Crippen LogP contribution in [0.2, 0.25) is 0 Å². The number of aryl methyl sites for hydroxylation is 1. The van der Waals surface area contributed by atoms with E-state index in [1.807, 2.05) is 0 Å². The minimum atomic E-state index is -0.414. The Bertz CT molecular complexity index is 681. The summed E-state index contributed by atoms with van der Waals surface area (Å²) in [6, 6.07) is 6.31. The highest BCUT2D eigenvalue weighted by Crippen LogP contribution is 2.24. The number of anilines is 1. The van der Waals surface area contributed by atoms with Crippen LogP contribution in [0, 0.1) is 6.92 Å². The largest absolute Gasteiger partial charge is 0.462 e. The number of aromatic nitrogens is 1. The van der Waals surface area contributed by atoms with Gasteiger partial charge >= 0.3 is 5.97 Å². The van der Waals surface area contributed by atoms with Gasteiger partial charge in [-0.3, -0.25) is 4.79 Å². The smallest absolute Gasteiger partial charge is 0.338 e. The normalized spacial score (nSPS) is 10.2. The molecule has 110 valence electrons. The van der Waals surface area contributed by atoms with Crippen molar-refractivity contribution in [1.82, 2.24) is 5.16 Å². The summed E-state index contributed by atoms with van der Waals surface area (Å²) in [5.41, 5.74) is 1.11. The van der Waals surface area contributed by atoms with E-state index >= 15 is 0 Å². The number of amides is 1. The van der Waals surface area contributed by atoms with Crippen LogP contribution in [0.4, 0.5) is 5.69 Å². The van der Waals surface area contributed by atoms with Gasteiger partial charge < -0.3 is 14.6 Å². The summed E-state index contributed by atoms with van der Waals surface area (Å²) >= 11 is 3.31. The van der Waals surface area contributed by atoms with Crippen molar-refractivity contribution in [3.05, 3.63) is 45.8 Å². The molecular formula is C14H13BrN2O4. The van der Waals surface area contributed by atoms with Gasteiger partial charge in [-0.1, -0.05) is 5.16 Å². The minimum Gasteiger partial charge on any atom is -0.462 e. The van der Waals surface area contributed by atoms with Crippen molar-refractivity contribution in [2.75, 3.05) is 11.9 Å². The number of halogens is 1. The minimum absolute atomic E-state index is 0.189. The van der Waals surface area contributed by atoms with Crippen LogP contribution in [0.3, 0.4) is 0 Å². The van der Waals surface area contributed by atoms with Gasteiger partial charge in [-0.15, -0.1) is 0 Å². The number of hydrogen-bond donors (Lipinski definition) is 1. The zero-order valence-corrected chi connectivity index (χ0v) is 13.1. The van der Waals surface area contributed by atoms with Gasteiger partial charge in [-0.2, -0.15) is 0 Å². The third kappa shape index (κ3) is 3.69. The molecule has 0 saturated carbocycles. The Hall–Kier alpha value is -2.15. The Morgan fingerprint density at radius 2 is 2.14 bits per heavy atom. The van der Waals surface area contributed by atoms with Crippen LogP contribution in [0.15, 0.2) is 33.3 Å². The molecule has 0 fully saturated rings. The molecular weight excluding hydrogens is 340 g/mol. The van der Waals surface area contributed by atoms with Gasteiger partial charge in [0, 0.05) is 10.5 Å². The Kier molecular flexibility index (Phi) is 4.74. The number of esters is 1. The molecule has 21 heavy (non-hydrogen) atoms. The van der Waals surface area contributed by atoms with E-state index in [9.17, 15) is 9.59 Å². The maximum atomic E-state index is 12.0. The molecule has 0 radical (unpaired) electrons. The van der Waals surface area contributed by atoms with E-state index in [0.717, 1.165) is 0 Å². The van der Waals surface area contributed by atoms with Gasteiger partial charge in [0.1, 0.15) is 5.76 Å². The average molecular weight is 353 g/mol. The second kappa shape index (κ2) is 6.53. The van der Waals surface area contributed by atoms with Crippen LogP contribution in [-0.4, -0.2) is 23.6 Å². The highest BCUT2D eigenvalue weighted by molar-refractivity contribution is 9.10. The third-order valence-corrected chi connectivity index (χ3v) is 3.25. The second-order valence-corrected chi connectivity index (χ2v) is 5.05. The van der Waals surface area contributed by atoms with Crippen LogP contribution < -0.4 is 5.32 Å². The van der Waals surface area contributed by atoms with Crippen molar-refractivity contribution in [3.8, 4) is 0 Å². The molecule has 0 bridgehead atoms. The second-order valence-electron chi connectivity index (χ2n) is 4.19. The highest BCUT2D eigenvalue weighted by Gasteiger charge is 2.14. The maximum absolute atomic E-state index is 12.0. The molecule has 6 nitrogen and oxygen atoms in total. The lowest BCUT2D eigenvalue weighted by molar-refractivity contribution is 0.0526. The molecule has 1 amide bonds. The summed E-state index contributed by atoms with van der Waals surface area (Å²) in [5.74, 6) is -0.253. The molecule has 0 aliphatic heterocycles. The third-order valence-electron chi connectivity index (χ3n) is 2.59. The molecule has 0 unspecified atom stereocenters. The molecule has 1 aromatic carbocycles. The lowest BCUT2D eigenvalue weighted by Crippen LogP contribution is -2.13. The number of hydrogen-bond acceptors (Lipinski definition) is 5. The van der Waals surface area contributed by atoms with Crippen molar-refractivity contribution in [2.24, 2.45) is 0 Å². The number of ether oxygens (including phenoxy) is 1. The fraction of sp³-hybridized carbons (Fsp3) is 0.214. The lowest BCUT2D eigenvalue weighted by Gasteiger charge is -2.08. The van der Waals surface area contributed by atoms with Crippen molar-refractivity contribution in [3.63, 3.8) is 0 Å². The quantitative estimate of drug-likeness (QED) is 0.854. The van der Waals surface area contributed by atoms with Crippen molar-refractivity contribution >= 4 is 33.5 Å². The first kappa shape index (κ1) is 15.2. The summed E-state index contributed by atoms with van der Waals surface area (Å²) in [7, 11) is 0. The van der Waals surface area contributed by atoms with Crippen LogP contribution in [-0.2, 0) is 4.74 Å². The summed E-state index contributed by atoms with van der Waals surface area (Å²) in [6.07, 6.45) is 0. The number of nitrogens with one attached hydrogen (secondary N) is 1. The summed E-state index contributed by atoms with van der Waals surface area (Å²) in [4.78, 5) is 23.6. The Labute approximate surface area is 129 Å². The van der Waals surface area contributed by atoms with Gasteiger partial charge in [0.2, 0.25) is 0 Å². The topological polar surface area (TPSA) is 81.4 Å². The summed E-state index contributed by atoms with van der Waals surface area (Å²) in [5, 5.41) is 6.31. The van der Waals surface area contributed by atoms with E-state index in [1.54, 1.807) is 32.0 Å². The van der Waals surface area contributed by atoms with E-state index in [4.69, 9.17) is 9.26 Å². The number of rotatable bonds is 4. The molecule has 1 N–H and O–H groups in total. The molecule has 1 aromatic heterocycles. The zero-order chi connectivity index (χ0) is 15.4.